The minimum Gasteiger partial charge on any atom is -0.373 e. The molecule has 0 spiro atoms. The average Bonchev–Trinajstić information content (AvgIpc) is 2.32. The summed E-state index contributed by atoms with van der Waals surface area (Å²) in [4.78, 5) is 15.6. The van der Waals surface area contributed by atoms with Crippen molar-refractivity contribution in [1.82, 2.24) is 4.98 Å². The number of pyridine rings is 1. The van der Waals surface area contributed by atoms with Crippen LogP contribution in [-0.4, -0.2) is 17.8 Å². The molecule has 0 fully saturated rings. The fourth-order valence-corrected chi connectivity index (χ4v) is 1.19. The van der Waals surface area contributed by atoms with Gasteiger partial charge < -0.3 is 5.32 Å². The fraction of sp³-hybridized carbons (Fsp3) is 0.500. The summed E-state index contributed by atoms with van der Waals surface area (Å²) in [5.41, 5.74) is 0.687. The molecule has 0 aliphatic rings. The van der Waals surface area contributed by atoms with E-state index in [1.807, 2.05) is 20.8 Å². The first-order chi connectivity index (χ1) is 7.29. The molecule has 0 radical (unpaired) electrons. The van der Waals surface area contributed by atoms with Crippen LogP contribution in [-0.2, 0) is 0 Å². The zero-order chi connectivity index (χ0) is 11.7. The lowest BCUT2D eigenvalue weighted by atomic mass is 10.1. The Morgan fingerprint density at radius 2 is 2.13 bits per heavy atom. The lowest BCUT2D eigenvalue weighted by Gasteiger charge is -2.05. The van der Waals surface area contributed by atoms with Gasteiger partial charge in [0.1, 0.15) is 5.82 Å². The van der Waals surface area contributed by atoms with Gasteiger partial charge in [0, 0.05) is 19.7 Å². The lowest BCUT2D eigenvalue weighted by Crippen LogP contribution is -2.04. The maximum atomic E-state index is 11.5. The van der Waals surface area contributed by atoms with Crippen molar-refractivity contribution in [3.8, 4) is 0 Å². The van der Waals surface area contributed by atoms with E-state index in [-0.39, 0.29) is 5.78 Å². The Labute approximate surface area is 91.9 Å². The van der Waals surface area contributed by atoms with Crippen molar-refractivity contribution in [2.24, 2.45) is 0 Å². The van der Waals surface area contributed by atoms with Crippen LogP contribution in [0.25, 0.3) is 0 Å². The molecule has 1 heterocycles. The van der Waals surface area contributed by atoms with Crippen molar-refractivity contribution in [2.45, 2.75) is 33.6 Å². The van der Waals surface area contributed by atoms with E-state index in [4.69, 9.17) is 0 Å². The predicted octanol–water partition coefficient (Wildman–Crippen LogP) is 3.13. The third kappa shape index (κ3) is 4.11. The summed E-state index contributed by atoms with van der Waals surface area (Å²) in [5.74, 6) is 0.820. The fourth-order valence-electron chi connectivity index (χ4n) is 1.19. The lowest BCUT2D eigenvalue weighted by molar-refractivity contribution is 0.0982. The van der Waals surface area contributed by atoms with E-state index >= 15 is 0 Å². The standard InChI is InChI=1S/C10H14N2O.C2H6/c1-3-5-9(13)8-6-4-7-12-10(8)11-2;1-2/h4,6-7H,3,5H2,1-2H3,(H,11,12);1-2H3. The molecule has 3 heteroatoms. The third-order valence-electron chi connectivity index (χ3n) is 1.82. The van der Waals surface area contributed by atoms with Gasteiger partial charge in [0.2, 0.25) is 0 Å². The van der Waals surface area contributed by atoms with Crippen LogP contribution >= 0.6 is 0 Å². The summed E-state index contributed by atoms with van der Waals surface area (Å²) in [6, 6.07) is 3.58. The quantitative estimate of drug-likeness (QED) is 0.773. The van der Waals surface area contributed by atoms with Crippen molar-refractivity contribution in [1.29, 1.82) is 0 Å². The largest absolute Gasteiger partial charge is 0.373 e. The molecule has 0 amide bonds. The SMILES string of the molecule is CC.CCCC(=O)c1cccnc1NC. The van der Waals surface area contributed by atoms with Gasteiger partial charge in [-0.15, -0.1) is 0 Å². The van der Waals surface area contributed by atoms with Crippen molar-refractivity contribution in [3.63, 3.8) is 0 Å². The molecule has 15 heavy (non-hydrogen) atoms. The second-order valence-corrected chi connectivity index (χ2v) is 2.82. The van der Waals surface area contributed by atoms with E-state index in [0.29, 0.717) is 17.8 Å². The molecule has 3 nitrogen and oxygen atoms in total. The predicted molar refractivity (Wildman–Crippen MR) is 64.4 cm³/mol. The number of anilines is 1. The van der Waals surface area contributed by atoms with Gasteiger partial charge in [0.25, 0.3) is 0 Å². The molecule has 84 valence electrons. The van der Waals surface area contributed by atoms with E-state index in [1.165, 1.54) is 0 Å². The number of carbonyl (C=O) groups is 1. The molecule has 0 aliphatic carbocycles. The second kappa shape index (κ2) is 7.97. The third-order valence-corrected chi connectivity index (χ3v) is 1.82. The minimum absolute atomic E-state index is 0.153. The number of Topliss-reactive ketones (excluding diaryl/α,β-unsaturated/α-hetero) is 1. The molecule has 0 atom stereocenters. The topological polar surface area (TPSA) is 42.0 Å². The molecule has 0 saturated heterocycles. The Bertz CT molecular complexity index is 297. The van der Waals surface area contributed by atoms with Crippen LogP contribution in [0, 0.1) is 0 Å². The highest BCUT2D eigenvalue weighted by atomic mass is 16.1. The molecule has 0 bridgehead atoms. The number of aromatic nitrogens is 1. The summed E-state index contributed by atoms with van der Waals surface area (Å²) < 4.78 is 0. The highest BCUT2D eigenvalue weighted by Gasteiger charge is 2.09. The van der Waals surface area contributed by atoms with E-state index in [1.54, 1.807) is 25.4 Å². The maximum Gasteiger partial charge on any atom is 0.166 e. The Hall–Kier alpha value is -1.38. The van der Waals surface area contributed by atoms with Gasteiger partial charge in [-0.05, 0) is 18.6 Å². The maximum absolute atomic E-state index is 11.5. The van der Waals surface area contributed by atoms with E-state index in [2.05, 4.69) is 10.3 Å². The van der Waals surface area contributed by atoms with Gasteiger partial charge >= 0.3 is 0 Å². The normalized spacial score (nSPS) is 8.80. The first-order valence-electron chi connectivity index (χ1n) is 5.45. The number of nitrogens with one attached hydrogen (secondary N) is 1. The van der Waals surface area contributed by atoms with Crippen LogP contribution < -0.4 is 5.32 Å². The molecule has 0 saturated carbocycles. The number of nitrogens with zero attached hydrogens (tertiary/aromatic N) is 1. The number of hydrogen-bond donors (Lipinski definition) is 1. The first kappa shape index (κ1) is 13.6. The molecular formula is C12H20N2O. The van der Waals surface area contributed by atoms with E-state index < -0.39 is 0 Å². The summed E-state index contributed by atoms with van der Waals surface area (Å²) >= 11 is 0. The van der Waals surface area contributed by atoms with Gasteiger partial charge in [-0.1, -0.05) is 20.8 Å². The molecule has 0 aliphatic heterocycles. The Balaban J connectivity index is 0.000000921. The van der Waals surface area contributed by atoms with Crippen molar-refractivity contribution in [3.05, 3.63) is 23.9 Å². The van der Waals surface area contributed by atoms with Crippen LogP contribution in [0.4, 0.5) is 5.82 Å². The number of hydrogen-bond acceptors (Lipinski definition) is 3. The van der Waals surface area contributed by atoms with Gasteiger partial charge in [0.05, 0.1) is 5.56 Å². The monoisotopic (exact) mass is 208 g/mol. The highest BCUT2D eigenvalue weighted by Crippen LogP contribution is 2.13. The van der Waals surface area contributed by atoms with Crippen LogP contribution in [0.15, 0.2) is 18.3 Å². The molecule has 1 N–H and O–H groups in total. The van der Waals surface area contributed by atoms with Crippen LogP contribution in [0.1, 0.15) is 44.0 Å². The summed E-state index contributed by atoms with van der Waals surface area (Å²) in [6.45, 7) is 5.99. The zero-order valence-corrected chi connectivity index (χ0v) is 10.0. The first-order valence-corrected chi connectivity index (χ1v) is 5.45. The molecule has 0 unspecified atom stereocenters. The van der Waals surface area contributed by atoms with Gasteiger partial charge in [-0.3, -0.25) is 4.79 Å². The number of carbonyl (C=O) groups excluding carboxylic acids is 1. The highest BCUT2D eigenvalue weighted by molar-refractivity contribution is 6.00. The van der Waals surface area contributed by atoms with Crippen LogP contribution in [0.2, 0.25) is 0 Å². The van der Waals surface area contributed by atoms with Crippen molar-refractivity contribution >= 4 is 11.6 Å². The summed E-state index contributed by atoms with van der Waals surface area (Å²) in [5, 5.41) is 2.90. The minimum atomic E-state index is 0.153. The van der Waals surface area contributed by atoms with Crippen molar-refractivity contribution < 1.29 is 4.79 Å². The Morgan fingerprint density at radius 3 is 2.67 bits per heavy atom. The van der Waals surface area contributed by atoms with E-state index in [0.717, 1.165) is 6.42 Å². The number of ketones is 1. The second-order valence-electron chi connectivity index (χ2n) is 2.82. The summed E-state index contributed by atoms with van der Waals surface area (Å²) in [6.07, 6.45) is 3.13. The van der Waals surface area contributed by atoms with Crippen LogP contribution in [0.3, 0.4) is 0 Å². The smallest absolute Gasteiger partial charge is 0.166 e. The molecule has 0 aromatic carbocycles. The molecule has 1 aromatic rings. The van der Waals surface area contributed by atoms with Gasteiger partial charge in [-0.25, -0.2) is 4.98 Å². The Morgan fingerprint density at radius 1 is 1.47 bits per heavy atom. The molecular weight excluding hydrogens is 188 g/mol. The molecule has 1 rings (SSSR count). The van der Waals surface area contributed by atoms with Crippen molar-refractivity contribution in [2.75, 3.05) is 12.4 Å². The van der Waals surface area contributed by atoms with Gasteiger partial charge in [-0.2, -0.15) is 0 Å². The number of rotatable bonds is 4. The van der Waals surface area contributed by atoms with Gasteiger partial charge in [0.15, 0.2) is 5.78 Å². The zero-order valence-electron chi connectivity index (χ0n) is 10.0. The van der Waals surface area contributed by atoms with Crippen LogP contribution in [0.5, 0.6) is 0 Å². The summed E-state index contributed by atoms with van der Waals surface area (Å²) in [7, 11) is 1.77. The molecule has 1 aromatic heterocycles. The Kier molecular flexibility index (Phi) is 7.24. The van der Waals surface area contributed by atoms with E-state index in [9.17, 15) is 4.79 Å². The average molecular weight is 208 g/mol.